The number of anilines is 2. The molecule has 5 nitrogen and oxygen atoms in total. The van der Waals surface area contributed by atoms with E-state index in [1.165, 1.54) is 6.07 Å². The van der Waals surface area contributed by atoms with Crippen LogP contribution >= 0.6 is 0 Å². The van der Waals surface area contributed by atoms with Crippen LogP contribution < -0.4 is 16.4 Å². The first-order valence-electron chi connectivity index (χ1n) is 8.47. The van der Waals surface area contributed by atoms with E-state index in [1.807, 2.05) is 41.0 Å². The molecule has 0 saturated carbocycles. The van der Waals surface area contributed by atoms with E-state index in [-0.39, 0.29) is 11.7 Å². The van der Waals surface area contributed by atoms with Gasteiger partial charge in [0, 0.05) is 43.0 Å². The molecule has 0 radical (unpaired) electrons. The standard InChI is InChI=1S/C19H23FN4O/c1-13-9-16(22)11-17(20)18(13)23-5-7-24(8-6-23)19(25)15-4-2-3-14(10-15)12-21/h2-4,9-11H,5-8,12,21-22H2,1H3/p+1. The summed E-state index contributed by atoms with van der Waals surface area (Å²) in [5.41, 5.74) is 13.1. The molecule has 2 aromatic carbocycles. The average Bonchev–Trinajstić information content (AvgIpc) is 2.61. The first-order chi connectivity index (χ1) is 12.0. The Morgan fingerprint density at radius 1 is 1.20 bits per heavy atom. The highest BCUT2D eigenvalue weighted by molar-refractivity contribution is 5.94. The van der Waals surface area contributed by atoms with E-state index >= 15 is 0 Å². The summed E-state index contributed by atoms with van der Waals surface area (Å²) < 4.78 is 14.3. The Morgan fingerprint density at radius 3 is 2.56 bits per heavy atom. The van der Waals surface area contributed by atoms with Crippen LogP contribution in [0.2, 0.25) is 0 Å². The summed E-state index contributed by atoms with van der Waals surface area (Å²) in [6.45, 7) is 4.85. The van der Waals surface area contributed by atoms with Crippen molar-refractivity contribution in [2.24, 2.45) is 0 Å². The van der Waals surface area contributed by atoms with Crippen molar-refractivity contribution >= 4 is 17.3 Å². The summed E-state index contributed by atoms with van der Waals surface area (Å²) in [5.74, 6) is -0.287. The number of hydrogen-bond donors (Lipinski definition) is 2. The Hall–Kier alpha value is -2.60. The summed E-state index contributed by atoms with van der Waals surface area (Å²) in [5, 5.41) is 0. The molecule has 0 bridgehead atoms. The highest BCUT2D eigenvalue weighted by atomic mass is 19.1. The van der Waals surface area contributed by atoms with E-state index in [9.17, 15) is 9.18 Å². The summed E-state index contributed by atoms with van der Waals surface area (Å²) in [7, 11) is 0. The minimum Gasteiger partial charge on any atom is -0.399 e. The van der Waals surface area contributed by atoms with E-state index in [0.29, 0.717) is 49.7 Å². The number of nitrogens with zero attached hydrogens (tertiary/aromatic N) is 2. The van der Waals surface area contributed by atoms with E-state index < -0.39 is 0 Å². The fraction of sp³-hybridized carbons (Fsp3) is 0.316. The molecule has 25 heavy (non-hydrogen) atoms. The number of quaternary nitrogens is 1. The smallest absolute Gasteiger partial charge is 0.253 e. The lowest BCUT2D eigenvalue weighted by molar-refractivity contribution is -0.386. The molecule has 5 N–H and O–H groups in total. The number of carbonyl (C=O) groups excluding carboxylic acids is 1. The van der Waals surface area contributed by atoms with Crippen LogP contribution in [0.3, 0.4) is 0 Å². The van der Waals surface area contributed by atoms with Gasteiger partial charge in [0.1, 0.15) is 5.82 Å². The molecular weight excluding hydrogens is 319 g/mol. The van der Waals surface area contributed by atoms with Gasteiger partial charge < -0.3 is 21.3 Å². The molecule has 0 spiro atoms. The van der Waals surface area contributed by atoms with Crippen LogP contribution in [0.5, 0.6) is 0 Å². The van der Waals surface area contributed by atoms with Crippen LogP contribution in [0.15, 0.2) is 36.4 Å². The zero-order chi connectivity index (χ0) is 18.0. The van der Waals surface area contributed by atoms with Gasteiger partial charge in [-0.15, -0.1) is 0 Å². The number of hydrogen-bond acceptors (Lipinski definition) is 3. The third-order valence-electron chi connectivity index (χ3n) is 4.62. The molecule has 1 fully saturated rings. The normalized spacial score (nSPS) is 14.7. The van der Waals surface area contributed by atoms with E-state index in [0.717, 1.165) is 11.1 Å². The molecule has 1 amide bonds. The lowest BCUT2D eigenvalue weighted by Gasteiger charge is -2.37. The first-order valence-corrected chi connectivity index (χ1v) is 8.47. The van der Waals surface area contributed by atoms with E-state index in [1.54, 1.807) is 6.07 Å². The van der Waals surface area contributed by atoms with Gasteiger partial charge in [0.15, 0.2) is 0 Å². The summed E-state index contributed by atoms with van der Waals surface area (Å²) in [6.07, 6.45) is 0. The maximum atomic E-state index is 14.3. The van der Waals surface area contributed by atoms with Crippen LogP contribution in [0, 0.1) is 12.7 Å². The zero-order valence-corrected chi connectivity index (χ0v) is 14.5. The number of carbonyl (C=O) groups is 1. The van der Waals surface area contributed by atoms with Crippen molar-refractivity contribution in [1.82, 2.24) is 4.90 Å². The second kappa shape index (κ2) is 7.11. The highest BCUT2D eigenvalue weighted by Crippen LogP contribution is 2.27. The Balaban J connectivity index is 1.70. The van der Waals surface area contributed by atoms with Gasteiger partial charge in [-0.25, -0.2) is 4.39 Å². The molecule has 1 heterocycles. The molecule has 132 valence electrons. The van der Waals surface area contributed by atoms with Gasteiger partial charge in [0.05, 0.1) is 12.2 Å². The number of halogens is 1. The fourth-order valence-corrected chi connectivity index (χ4v) is 3.34. The van der Waals surface area contributed by atoms with Gasteiger partial charge in [-0.05, 0) is 36.8 Å². The Kier molecular flexibility index (Phi) is 4.90. The average molecular weight is 343 g/mol. The van der Waals surface area contributed by atoms with Crippen LogP contribution in [-0.2, 0) is 6.54 Å². The van der Waals surface area contributed by atoms with Crippen molar-refractivity contribution in [3.8, 4) is 0 Å². The summed E-state index contributed by atoms with van der Waals surface area (Å²) in [6, 6.07) is 10.7. The maximum absolute atomic E-state index is 14.3. The third kappa shape index (κ3) is 3.58. The summed E-state index contributed by atoms with van der Waals surface area (Å²) in [4.78, 5) is 16.5. The van der Waals surface area contributed by atoms with Crippen LogP contribution in [0.25, 0.3) is 0 Å². The zero-order valence-electron chi connectivity index (χ0n) is 14.5. The van der Waals surface area contributed by atoms with E-state index in [4.69, 9.17) is 5.73 Å². The molecule has 0 atom stereocenters. The molecule has 1 aliphatic rings. The van der Waals surface area contributed by atoms with Crippen molar-refractivity contribution in [3.63, 3.8) is 0 Å². The third-order valence-corrected chi connectivity index (χ3v) is 4.62. The predicted molar refractivity (Wildman–Crippen MR) is 96.7 cm³/mol. The number of amides is 1. The quantitative estimate of drug-likeness (QED) is 0.828. The van der Waals surface area contributed by atoms with Gasteiger partial charge in [-0.1, -0.05) is 12.1 Å². The molecule has 1 aliphatic heterocycles. The number of rotatable bonds is 3. The molecule has 1 saturated heterocycles. The second-order valence-electron chi connectivity index (χ2n) is 6.40. The monoisotopic (exact) mass is 343 g/mol. The minimum atomic E-state index is -0.305. The van der Waals surface area contributed by atoms with Gasteiger partial charge in [0.25, 0.3) is 5.91 Å². The Morgan fingerprint density at radius 2 is 1.92 bits per heavy atom. The molecular formula is C19H24FN4O+. The van der Waals surface area contributed by atoms with E-state index in [2.05, 4.69) is 5.73 Å². The molecule has 3 rings (SSSR count). The molecule has 0 unspecified atom stereocenters. The van der Waals surface area contributed by atoms with Crippen LogP contribution in [0.1, 0.15) is 21.5 Å². The Bertz CT molecular complexity index is 762. The number of piperazine rings is 1. The second-order valence-corrected chi connectivity index (χ2v) is 6.40. The number of nitrogens with two attached hydrogens (primary N) is 1. The van der Waals surface area contributed by atoms with Crippen molar-refractivity contribution in [2.75, 3.05) is 36.8 Å². The topological polar surface area (TPSA) is 77.2 Å². The lowest BCUT2D eigenvalue weighted by atomic mass is 10.1. The predicted octanol–water partition coefficient (Wildman–Crippen LogP) is 1.42. The van der Waals surface area contributed by atoms with Crippen LogP contribution in [-0.4, -0.2) is 37.0 Å². The van der Waals surface area contributed by atoms with Gasteiger partial charge >= 0.3 is 0 Å². The molecule has 6 heteroatoms. The number of benzene rings is 2. The van der Waals surface area contributed by atoms with Crippen LogP contribution in [0.4, 0.5) is 15.8 Å². The maximum Gasteiger partial charge on any atom is 0.253 e. The van der Waals surface area contributed by atoms with Crippen molar-refractivity contribution in [1.29, 1.82) is 0 Å². The molecule has 0 aromatic heterocycles. The van der Waals surface area contributed by atoms with Crippen molar-refractivity contribution in [3.05, 3.63) is 58.9 Å². The largest absolute Gasteiger partial charge is 0.399 e. The highest BCUT2D eigenvalue weighted by Gasteiger charge is 2.25. The van der Waals surface area contributed by atoms with Gasteiger partial charge in [0.2, 0.25) is 0 Å². The fourth-order valence-electron chi connectivity index (χ4n) is 3.34. The first kappa shape index (κ1) is 17.2. The Labute approximate surface area is 147 Å². The van der Waals surface area contributed by atoms with Gasteiger partial charge in [-0.2, -0.15) is 0 Å². The molecule has 0 aliphatic carbocycles. The number of aryl methyl sites for hydroxylation is 1. The number of nitrogen functional groups attached to an aromatic ring is 1. The minimum absolute atomic E-state index is 0.0180. The van der Waals surface area contributed by atoms with Gasteiger partial charge in [-0.3, -0.25) is 4.79 Å². The van der Waals surface area contributed by atoms with Crippen molar-refractivity contribution in [2.45, 2.75) is 13.5 Å². The SMILES string of the molecule is Cc1cc(N)cc(F)c1N1CCN(C(=O)c2cccc(C[NH3+])c2)CC1. The summed E-state index contributed by atoms with van der Waals surface area (Å²) >= 11 is 0. The molecule has 2 aromatic rings. The lowest BCUT2D eigenvalue weighted by Crippen LogP contribution is -2.49. The van der Waals surface area contributed by atoms with Crippen molar-refractivity contribution < 1.29 is 14.9 Å².